The molecule has 2 aliphatic rings. The number of hydrogen-bond acceptors (Lipinski definition) is 5. The van der Waals surface area contributed by atoms with E-state index in [1.54, 1.807) is 4.57 Å². The molecule has 0 atom stereocenters. The van der Waals surface area contributed by atoms with E-state index in [1.165, 1.54) is 11.3 Å². The van der Waals surface area contributed by atoms with Gasteiger partial charge < -0.3 is 10.2 Å². The SMILES string of the molecule is Cc1cccc(N2CN=c3s/c(=C4/C(=O)Nc5ccccc54)c(=O)n3C2)c1. The van der Waals surface area contributed by atoms with E-state index in [0.29, 0.717) is 28.2 Å². The fourth-order valence-electron chi connectivity index (χ4n) is 3.49. The summed E-state index contributed by atoms with van der Waals surface area (Å²) >= 11 is 1.29. The number of aromatic nitrogens is 1. The minimum Gasteiger partial charge on any atom is -0.334 e. The van der Waals surface area contributed by atoms with Gasteiger partial charge in [0.25, 0.3) is 11.5 Å². The molecule has 2 aliphatic heterocycles. The highest BCUT2D eigenvalue weighted by Gasteiger charge is 2.27. The molecule has 0 fully saturated rings. The summed E-state index contributed by atoms with van der Waals surface area (Å²) in [4.78, 5) is 32.9. The van der Waals surface area contributed by atoms with Gasteiger partial charge in [0.05, 0.1) is 5.57 Å². The molecular formula is C20H16N4O2S. The van der Waals surface area contributed by atoms with Crippen molar-refractivity contribution >= 4 is 34.2 Å². The number of fused-ring (bicyclic) bond motifs is 2. The summed E-state index contributed by atoms with van der Waals surface area (Å²) in [6.07, 6.45) is 0. The molecule has 0 unspecified atom stereocenters. The van der Waals surface area contributed by atoms with Crippen LogP contribution in [-0.2, 0) is 11.5 Å². The Morgan fingerprint density at radius 3 is 2.81 bits per heavy atom. The quantitative estimate of drug-likeness (QED) is 0.699. The van der Waals surface area contributed by atoms with Crippen LogP contribution < -0.4 is 25.1 Å². The fraction of sp³-hybridized carbons (Fsp3) is 0.150. The lowest BCUT2D eigenvalue weighted by molar-refractivity contribution is -0.110. The molecule has 6 nitrogen and oxygen atoms in total. The highest BCUT2D eigenvalue weighted by Crippen LogP contribution is 2.29. The van der Waals surface area contributed by atoms with Crippen molar-refractivity contribution in [3.05, 3.63) is 79.3 Å². The van der Waals surface area contributed by atoms with Crippen LogP contribution in [0.15, 0.2) is 58.3 Å². The van der Waals surface area contributed by atoms with E-state index in [-0.39, 0.29) is 11.5 Å². The molecule has 2 aromatic carbocycles. The second-order valence-electron chi connectivity index (χ2n) is 6.64. The number of carbonyl (C=O) groups excluding carboxylic acids is 1. The largest absolute Gasteiger partial charge is 0.334 e. The van der Waals surface area contributed by atoms with Crippen molar-refractivity contribution in [2.24, 2.45) is 4.99 Å². The Hall–Kier alpha value is -3.19. The number of nitrogens with one attached hydrogen (secondary N) is 1. The van der Waals surface area contributed by atoms with Crippen LogP contribution in [0.2, 0.25) is 0 Å². The predicted octanol–water partition coefficient (Wildman–Crippen LogP) is 1.42. The van der Waals surface area contributed by atoms with Gasteiger partial charge in [-0.3, -0.25) is 14.2 Å². The van der Waals surface area contributed by atoms with Crippen molar-refractivity contribution in [3.63, 3.8) is 0 Å². The minimum atomic E-state index is -0.233. The number of hydrogen-bond donors (Lipinski definition) is 1. The molecule has 0 bridgehead atoms. The fourth-order valence-corrected chi connectivity index (χ4v) is 4.55. The summed E-state index contributed by atoms with van der Waals surface area (Å²) in [7, 11) is 0. The van der Waals surface area contributed by atoms with E-state index in [2.05, 4.69) is 16.4 Å². The van der Waals surface area contributed by atoms with E-state index in [0.717, 1.165) is 22.5 Å². The van der Waals surface area contributed by atoms with E-state index < -0.39 is 0 Å². The maximum absolute atomic E-state index is 13.1. The number of para-hydroxylation sites is 1. The molecule has 0 spiro atoms. The van der Waals surface area contributed by atoms with Gasteiger partial charge in [-0.15, -0.1) is 0 Å². The number of aryl methyl sites for hydroxylation is 1. The smallest absolute Gasteiger partial charge is 0.272 e. The molecule has 1 amide bonds. The van der Waals surface area contributed by atoms with Crippen molar-refractivity contribution < 1.29 is 4.79 Å². The van der Waals surface area contributed by atoms with Crippen molar-refractivity contribution in [2.45, 2.75) is 13.6 Å². The lowest BCUT2D eigenvalue weighted by atomic mass is 10.1. The summed E-state index contributed by atoms with van der Waals surface area (Å²) in [5.74, 6) is -0.233. The minimum absolute atomic E-state index is 0.169. The third kappa shape index (κ3) is 2.50. The highest BCUT2D eigenvalue weighted by molar-refractivity contribution is 7.07. The van der Waals surface area contributed by atoms with E-state index in [4.69, 9.17) is 0 Å². The maximum Gasteiger partial charge on any atom is 0.272 e. The second kappa shape index (κ2) is 5.92. The third-order valence-electron chi connectivity index (χ3n) is 4.82. The Balaban J connectivity index is 1.65. The first kappa shape index (κ1) is 16.0. The molecule has 1 aromatic heterocycles. The first-order valence-electron chi connectivity index (χ1n) is 8.62. The molecule has 3 aromatic rings. The number of amides is 1. The zero-order valence-corrected chi connectivity index (χ0v) is 15.4. The Morgan fingerprint density at radius 2 is 1.96 bits per heavy atom. The monoisotopic (exact) mass is 376 g/mol. The molecule has 3 heterocycles. The number of anilines is 2. The van der Waals surface area contributed by atoms with Crippen molar-refractivity contribution in [1.82, 2.24) is 4.57 Å². The number of nitrogens with zero attached hydrogens (tertiary/aromatic N) is 3. The summed E-state index contributed by atoms with van der Waals surface area (Å²) in [6.45, 7) is 2.95. The Kier molecular flexibility index (Phi) is 3.51. The molecule has 134 valence electrons. The van der Waals surface area contributed by atoms with Crippen LogP contribution in [0, 0.1) is 6.92 Å². The van der Waals surface area contributed by atoms with Crippen molar-refractivity contribution in [3.8, 4) is 0 Å². The number of benzene rings is 2. The summed E-state index contributed by atoms with van der Waals surface area (Å²) in [6, 6.07) is 15.6. The highest BCUT2D eigenvalue weighted by atomic mass is 32.1. The van der Waals surface area contributed by atoms with Crippen molar-refractivity contribution in [2.75, 3.05) is 16.9 Å². The lowest BCUT2D eigenvalue weighted by Crippen LogP contribution is -2.43. The van der Waals surface area contributed by atoms with Crippen molar-refractivity contribution in [1.29, 1.82) is 0 Å². The number of thiazole rings is 1. The summed E-state index contributed by atoms with van der Waals surface area (Å²) in [5, 5.41) is 2.84. The molecule has 0 saturated heterocycles. The van der Waals surface area contributed by atoms with Gasteiger partial charge in [-0.25, -0.2) is 4.99 Å². The van der Waals surface area contributed by atoms with E-state index in [9.17, 15) is 9.59 Å². The summed E-state index contributed by atoms with van der Waals surface area (Å²) in [5.41, 5.74) is 3.98. The van der Waals surface area contributed by atoms with Gasteiger partial charge in [-0.2, -0.15) is 0 Å². The topological polar surface area (TPSA) is 66.7 Å². The van der Waals surface area contributed by atoms with Gasteiger partial charge in [-0.1, -0.05) is 41.7 Å². The van der Waals surface area contributed by atoms with Gasteiger partial charge in [0, 0.05) is 16.9 Å². The average molecular weight is 376 g/mol. The van der Waals surface area contributed by atoms with Gasteiger partial charge in [0.2, 0.25) is 0 Å². The van der Waals surface area contributed by atoms with Gasteiger partial charge >= 0.3 is 0 Å². The number of rotatable bonds is 1. The molecule has 0 radical (unpaired) electrons. The molecule has 0 saturated carbocycles. The average Bonchev–Trinajstić information content (AvgIpc) is 3.17. The van der Waals surface area contributed by atoms with Gasteiger partial charge in [0.15, 0.2) is 4.80 Å². The van der Waals surface area contributed by atoms with Gasteiger partial charge in [0.1, 0.15) is 17.9 Å². The molecule has 7 heteroatoms. The first-order chi connectivity index (χ1) is 13.1. The van der Waals surface area contributed by atoms with Crippen LogP contribution in [0.1, 0.15) is 11.1 Å². The van der Waals surface area contributed by atoms with E-state index >= 15 is 0 Å². The van der Waals surface area contributed by atoms with Crippen LogP contribution in [0.3, 0.4) is 0 Å². The number of carbonyl (C=O) groups is 1. The zero-order valence-electron chi connectivity index (χ0n) is 14.6. The second-order valence-corrected chi connectivity index (χ2v) is 7.62. The first-order valence-corrected chi connectivity index (χ1v) is 9.44. The van der Waals surface area contributed by atoms with Crippen LogP contribution in [-0.4, -0.2) is 17.1 Å². The van der Waals surface area contributed by atoms with Crippen LogP contribution in [0.25, 0.3) is 5.57 Å². The van der Waals surface area contributed by atoms with Crippen LogP contribution in [0.5, 0.6) is 0 Å². The standard InChI is InChI=1S/C20H16N4O2S/c1-12-5-4-6-13(9-12)23-10-21-20-24(11-23)19(26)17(27-20)16-14-7-2-3-8-15(14)22-18(16)25/h2-9H,10-11H2,1H3,(H,22,25)/b17-16+. The maximum atomic E-state index is 13.1. The zero-order chi connectivity index (χ0) is 18.5. The molecule has 27 heavy (non-hydrogen) atoms. The molecular weight excluding hydrogens is 360 g/mol. The third-order valence-corrected chi connectivity index (χ3v) is 5.93. The van der Waals surface area contributed by atoms with Crippen LogP contribution >= 0.6 is 11.3 Å². The Bertz CT molecular complexity index is 1270. The molecule has 1 N–H and O–H groups in total. The van der Waals surface area contributed by atoms with Crippen LogP contribution in [0.4, 0.5) is 11.4 Å². The predicted molar refractivity (Wildman–Crippen MR) is 105 cm³/mol. The van der Waals surface area contributed by atoms with E-state index in [1.807, 2.05) is 54.3 Å². The summed E-state index contributed by atoms with van der Waals surface area (Å²) < 4.78 is 2.09. The lowest BCUT2D eigenvalue weighted by Gasteiger charge is -2.25. The Labute approximate surface area is 158 Å². The van der Waals surface area contributed by atoms with Gasteiger partial charge in [-0.05, 0) is 30.7 Å². The Morgan fingerprint density at radius 1 is 1.11 bits per heavy atom. The molecule has 0 aliphatic carbocycles. The normalized spacial score (nSPS) is 17.2. The molecule has 5 rings (SSSR count).